The Morgan fingerprint density at radius 1 is 1.40 bits per heavy atom. The third-order valence-corrected chi connectivity index (χ3v) is 2.43. The predicted molar refractivity (Wildman–Crippen MR) is 63.0 cm³/mol. The number of aliphatic hydroxyl groups is 1. The number of hydrogen-bond acceptors (Lipinski definition) is 3. The van der Waals surface area contributed by atoms with Gasteiger partial charge in [0.1, 0.15) is 5.82 Å². The molecule has 1 atom stereocenters. The molecular weight excluding hydrogens is 188 g/mol. The van der Waals surface area contributed by atoms with Gasteiger partial charge in [-0.25, -0.2) is 4.98 Å². The van der Waals surface area contributed by atoms with Crippen LogP contribution in [0.4, 0.5) is 5.82 Å². The number of nitrogens with zero attached hydrogens (tertiary/aromatic N) is 1. The van der Waals surface area contributed by atoms with E-state index < -0.39 is 6.10 Å². The van der Waals surface area contributed by atoms with Gasteiger partial charge in [-0.15, -0.1) is 0 Å². The van der Waals surface area contributed by atoms with Crippen molar-refractivity contribution in [1.29, 1.82) is 0 Å². The van der Waals surface area contributed by atoms with E-state index in [2.05, 4.69) is 17.2 Å². The number of pyridine rings is 1. The van der Waals surface area contributed by atoms with Crippen molar-refractivity contribution in [1.82, 2.24) is 4.98 Å². The molecule has 84 valence electrons. The molecular formula is C12H20N2O. The smallest absolute Gasteiger partial charge is 0.126 e. The minimum absolute atomic E-state index is 0.391. The third-order valence-electron chi connectivity index (χ3n) is 2.43. The van der Waals surface area contributed by atoms with Gasteiger partial charge in [0.2, 0.25) is 0 Å². The highest BCUT2D eigenvalue weighted by molar-refractivity contribution is 5.39. The van der Waals surface area contributed by atoms with Gasteiger partial charge < -0.3 is 10.4 Å². The maximum absolute atomic E-state index is 9.72. The molecule has 0 aliphatic carbocycles. The van der Waals surface area contributed by atoms with E-state index in [1.807, 2.05) is 26.0 Å². The van der Waals surface area contributed by atoms with Crippen molar-refractivity contribution in [2.75, 3.05) is 11.9 Å². The minimum Gasteiger partial charge on any atom is -0.388 e. The molecule has 1 rings (SSSR count). The van der Waals surface area contributed by atoms with Crippen molar-refractivity contribution in [3.63, 3.8) is 0 Å². The molecule has 0 aliphatic heterocycles. The fraction of sp³-hybridized carbons (Fsp3) is 0.583. The average molecular weight is 208 g/mol. The van der Waals surface area contributed by atoms with Crippen molar-refractivity contribution in [3.05, 3.63) is 23.4 Å². The second kappa shape index (κ2) is 5.71. The highest BCUT2D eigenvalue weighted by Gasteiger charge is 2.09. The van der Waals surface area contributed by atoms with E-state index in [4.69, 9.17) is 0 Å². The lowest BCUT2D eigenvalue weighted by atomic mass is 10.1. The molecule has 15 heavy (non-hydrogen) atoms. The molecule has 0 aliphatic rings. The zero-order valence-corrected chi connectivity index (χ0v) is 9.75. The summed E-state index contributed by atoms with van der Waals surface area (Å²) in [5, 5.41) is 12.9. The molecule has 1 heterocycles. The number of aromatic nitrogens is 1. The molecule has 0 radical (unpaired) electrons. The van der Waals surface area contributed by atoms with Crippen LogP contribution in [0.3, 0.4) is 0 Å². The van der Waals surface area contributed by atoms with Gasteiger partial charge in [0.05, 0.1) is 6.10 Å². The Bertz CT molecular complexity index is 312. The first-order chi connectivity index (χ1) is 7.19. The minimum atomic E-state index is -0.391. The van der Waals surface area contributed by atoms with Crippen molar-refractivity contribution in [2.24, 2.45) is 0 Å². The van der Waals surface area contributed by atoms with E-state index >= 15 is 0 Å². The topological polar surface area (TPSA) is 45.1 Å². The fourth-order valence-electron chi connectivity index (χ4n) is 1.50. The normalized spacial score (nSPS) is 12.5. The van der Waals surface area contributed by atoms with Crippen LogP contribution in [-0.2, 0) is 0 Å². The lowest BCUT2D eigenvalue weighted by Gasteiger charge is -2.12. The number of hydrogen-bond donors (Lipinski definition) is 2. The van der Waals surface area contributed by atoms with E-state index in [9.17, 15) is 5.11 Å². The van der Waals surface area contributed by atoms with Crippen LogP contribution < -0.4 is 5.32 Å². The third kappa shape index (κ3) is 3.20. The molecule has 1 aromatic rings. The Morgan fingerprint density at radius 2 is 2.13 bits per heavy atom. The summed E-state index contributed by atoms with van der Waals surface area (Å²) in [6.07, 6.45) is 1.42. The van der Waals surface area contributed by atoms with Crippen LogP contribution in [0.1, 0.15) is 44.1 Å². The molecule has 0 amide bonds. The van der Waals surface area contributed by atoms with Crippen LogP contribution in [0, 0.1) is 6.92 Å². The zero-order valence-electron chi connectivity index (χ0n) is 9.75. The van der Waals surface area contributed by atoms with Gasteiger partial charge in [-0.1, -0.05) is 19.9 Å². The Labute approximate surface area is 91.5 Å². The van der Waals surface area contributed by atoms with Gasteiger partial charge >= 0.3 is 0 Å². The zero-order chi connectivity index (χ0) is 11.3. The largest absolute Gasteiger partial charge is 0.388 e. The van der Waals surface area contributed by atoms with E-state index in [1.165, 1.54) is 0 Å². The molecule has 0 aromatic carbocycles. The van der Waals surface area contributed by atoms with Gasteiger partial charge in [-0.05, 0) is 25.8 Å². The quantitative estimate of drug-likeness (QED) is 0.782. The fourth-order valence-corrected chi connectivity index (χ4v) is 1.50. The number of aliphatic hydroxyl groups excluding tert-OH is 1. The summed E-state index contributed by atoms with van der Waals surface area (Å²) in [4.78, 5) is 4.41. The molecule has 0 fully saturated rings. The molecule has 0 saturated carbocycles. The van der Waals surface area contributed by atoms with Crippen LogP contribution in [-0.4, -0.2) is 16.6 Å². The summed E-state index contributed by atoms with van der Waals surface area (Å²) in [5.41, 5.74) is 1.84. The van der Waals surface area contributed by atoms with Gasteiger partial charge in [-0.3, -0.25) is 0 Å². The number of nitrogens with one attached hydrogen (secondary N) is 1. The Hall–Kier alpha value is -1.09. The summed E-state index contributed by atoms with van der Waals surface area (Å²) in [6, 6.07) is 3.88. The van der Waals surface area contributed by atoms with E-state index in [1.54, 1.807) is 0 Å². The maximum atomic E-state index is 9.72. The summed E-state index contributed by atoms with van der Waals surface area (Å²) in [6.45, 7) is 6.95. The molecule has 1 aromatic heterocycles. The lowest BCUT2D eigenvalue weighted by molar-refractivity contribution is 0.172. The molecule has 1 unspecified atom stereocenters. The highest BCUT2D eigenvalue weighted by atomic mass is 16.3. The van der Waals surface area contributed by atoms with Crippen LogP contribution in [0.5, 0.6) is 0 Å². The lowest BCUT2D eigenvalue weighted by Crippen LogP contribution is -2.05. The molecule has 0 bridgehead atoms. The summed E-state index contributed by atoms with van der Waals surface area (Å²) in [7, 11) is 0. The van der Waals surface area contributed by atoms with E-state index in [0.717, 1.165) is 36.5 Å². The van der Waals surface area contributed by atoms with Crippen molar-refractivity contribution in [3.8, 4) is 0 Å². The van der Waals surface area contributed by atoms with Crippen LogP contribution in [0.25, 0.3) is 0 Å². The standard InChI is InChI=1S/C12H20N2O/c1-4-8-13-12-7-6-10(9(3)14-12)11(15)5-2/h6-7,11,15H,4-5,8H2,1-3H3,(H,13,14). The highest BCUT2D eigenvalue weighted by Crippen LogP contribution is 2.20. The van der Waals surface area contributed by atoms with Gasteiger partial charge in [0, 0.05) is 17.8 Å². The molecule has 3 nitrogen and oxygen atoms in total. The number of rotatable bonds is 5. The molecule has 0 saturated heterocycles. The van der Waals surface area contributed by atoms with E-state index in [-0.39, 0.29) is 0 Å². The monoisotopic (exact) mass is 208 g/mol. The molecule has 0 spiro atoms. The van der Waals surface area contributed by atoms with Crippen molar-refractivity contribution < 1.29 is 5.11 Å². The molecule has 2 N–H and O–H groups in total. The Kier molecular flexibility index (Phi) is 4.56. The van der Waals surface area contributed by atoms with Crippen molar-refractivity contribution >= 4 is 5.82 Å². The van der Waals surface area contributed by atoms with Crippen molar-refractivity contribution in [2.45, 2.75) is 39.7 Å². The second-order valence-electron chi connectivity index (χ2n) is 3.72. The second-order valence-corrected chi connectivity index (χ2v) is 3.72. The first-order valence-electron chi connectivity index (χ1n) is 5.58. The van der Waals surface area contributed by atoms with Gasteiger partial charge in [-0.2, -0.15) is 0 Å². The summed E-state index contributed by atoms with van der Waals surface area (Å²) in [5.74, 6) is 0.890. The van der Waals surface area contributed by atoms with Crippen LogP contribution in [0.2, 0.25) is 0 Å². The van der Waals surface area contributed by atoms with E-state index in [0.29, 0.717) is 0 Å². The Morgan fingerprint density at radius 3 is 2.67 bits per heavy atom. The first kappa shape index (κ1) is 12.0. The Balaban J connectivity index is 2.78. The summed E-state index contributed by atoms with van der Waals surface area (Å²) >= 11 is 0. The number of aryl methyl sites for hydroxylation is 1. The number of anilines is 1. The van der Waals surface area contributed by atoms with Crippen LogP contribution >= 0.6 is 0 Å². The molecule has 3 heteroatoms. The maximum Gasteiger partial charge on any atom is 0.126 e. The van der Waals surface area contributed by atoms with Crippen LogP contribution in [0.15, 0.2) is 12.1 Å². The SMILES string of the molecule is CCCNc1ccc(C(O)CC)c(C)n1. The average Bonchev–Trinajstić information content (AvgIpc) is 2.25. The summed E-state index contributed by atoms with van der Waals surface area (Å²) < 4.78 is 0. The van der Waals surface area contributed by atoms with Gasteiger partial charge in [0.15, 0.2) is 0 Å². The predicted octanol–water partition coefficient (Wildman–Crippen LogP) is 2.66. The first-order valence-corrected chi connectivity index (χ1v) is 5.58. The van der Waals surface area contributed by atoms with Gasteiger partial charge in [0.25, 0.3) is 0 Å².